The number of nitrogens with one attached hydrogen (secondary N) is 1. The summed E-state index contributed by atoms with van der Waals surface area (Å²) in [7, 11) is -3.59. The molecule has 6 heteroatoms. The lowest BCUT2D eigenvalue weighted by atomic mass is 9.88. The third kappa shape index (κ3) is 3.10. The highest BCUT2D eigenvalue weighted by atomic mass is 35.5. The molecule has 0 fully saturated rings. The van der Waals surface area contributed by atoms with Crippen molar-refractivity contribution in [1.29, 1.82) is 0 Å². The minimum atomic E-state index is -3.59. The van der Waals surface area contributed by atoms with Crippen LogP contribution in [0.15, 0.2) is 47.5 Å². The first-order valence-corrected chi connectivity index (χ1v) is 8.64. The van der Waals surface area contributed by atoms with E-state index in [1.54, 1.807) is 0 Å². The van der Waals surface area contributed by atoms with E-state index in [1.807, 2.05) is 18.2 Å². The Morgan fingerprint density at radius 1 is 1.19 bits per heavy atom. The van der Waals surface area contributed by atoms with Crippen LogP contribution in [0.1, 0.15) is 30.0 Å². The number of halogens is 1. The number of sulfonamides is 1. The monoisotopic (exact) mass is 322 g/mol. The molecule has 1 heterocycles. The van der Waals surface area contributed by atoms with Crippen LogP contribution in [0.5, 0.6) is 0 Å². The molecule has 0 spiro atoms. The summed E-state index contributed by atoms with van der Waals surface area (Å²) in [5.41, 5.74) is 2.28. The van der Waals surface area contributed by atoms with Gasteiger partial charge in [-0.3, -0.25) is 0 Å². The Hall–Kier alpha value is -1.43. The van der Waals surface area contributed by atoms with Gasteiger partial charge in [-0.25, -0.2) is 18.1 Å². The second-order valence-corrected chi connectivity index (χ2v) is 7.18. The van der Waals surface area contributed by atoms with Crippen LogP contribution in [0.2, 0.25) is 5.15 Å². The van der Waals surface area contributed by atoms with Crippen molar-refractivity contribution in [2.45, 2.75) is 30.2 Å². The molecule has 1 aliphatic carbocycles. The lowest BCUT2D eigenvalue weighted by Gasteiger charge is -2.26. The summed E-state index contributed by atoms with van der Waals surface area (Å²) >= 11 is 5.69. The molecule has 0 unspecified atom stereocenters. The van der Waals surface area contributed by atoms with E-state index in [2.05, 4.69) is 15.8 Å². The van der Waals surface area contributed by atoms with Gasteiger partial charge in [0.15, 0.2) is 0 Å². The zero-order valence-corrected chi connectivity index (χ0v) is 12.9. The quantitative estimate of drug-likeness (QED) is 0.883. The number of fused-ring (bicyclic) bond motifs is 1. The first-order valence-electron chi connectivity index (χ1n) is 6.78. The number of hydrogen-bond acceptors (Lipinski definition) is 3. The largest absolute Gasteiger partial charge is 0.243 e. The van der Waals surface area contributed by atoms with E-state index in [0.29, 0.717) is 0 Å². The highest BCUT2D eigenvalue weighted by Gasteiger charge is 2.25. The number of aryl methyl sites for hydroxylation is 1. The number of hydrogen-bond donors (Lipinski definition) is 1. The summed E-state index contributed by atoms with van der Waals surface area (Å²) in [5.74, 6) is 0. The maximum Gasteiger partial charge on any atom is 0.242 e. The lowest BCUT2D eigenvalue weighted by Crippen LogP contribution is -2.31. The van der Waals surface area contributed by atoms with Crippen molar-refractivity contribution >= 4 is 21.6 Å². The summed E-state index contributed by atoms with van der Waals surface area (Å²) in [6.07, 6.45) is 4.05. The Kier molecular flexibility index (Phi) is 3.97. The van der Waals surface area contributed by atoms with Gasteiger partial charge in [0.25, 0.3) is 0 Å². The van der Waals surface area contributed by atoms with Crippen molar-refractivity contribution < 1.29 is 8.42 Å². The van der Waals surface area contributed by atoms with Crippen LogP contribution in [-0.2, 0) is 16.4 Å². The van der Waals surface area contributed by atoms with Crippen LogP contribution >= 0.6 is 11.6 Å². The van der Waals surface area contributed by atoms with Gasteiger partial charge in [-0.1, -0.05) is 35.9 Å². The molecule has 0 bridgehead atoms. The second-order valence-electron chi connectivity index (χ2n) is 5.08. The molecule has 1 aliphatic rings. The van der Waals surface area contributed by atoms with Crippen LogP contribution < -0.4 is 4.72 Å². The molecule has 0 saturated carbocycles. The summed E-state index contributed by atoms with van der Waals surface area (Å²) in [5, 5.41) is 0.275. The molecule has 1 atom stereocenters. The van der Waals surface area contributed by atoms with E-state index >= 15 is 0 Å². The van der Waals surface area contributed by atoms with Gasteiger partial charge in [0.2, 0.25) is 10.0 Å². The SMILES string of the molecule is O=S(=O)(N[C@H]1CCCc2ccccc21)c1ccc(Cl)nc1. The molecule has 21 heavy (non-hydrogen) atoms. The molecular formula is C15H15ClN2O2S. The number of rotatable bonds is 3. The minimum Gasteiger partial charge on any atom is -0.243 e. The van der Waals surface area contributed by atoms with Gasteiger partial charge in [-0.05, 0) is 42.5 Å². The molecule has 110 valence electrons. The molecule has 1 aromatic carbocycles. The van der Waals surface area contributed by atoms with E-state index in [9.17, 15) is 8.42 Å². The van der Waals surface area contributed by atoms with Gasteiger partial charge < -0.3 is 0 Å². The Labute approximate surface area is 129 Å². The normalized spacial score (nSPS) is 18.2. The minimum absolute atomic E-state index is 0.134. The summed E-state index contributed by atoms with van der Waals surface area (Å²) in [4.78, 5) is 3.96. The van der Waals surface area contributed by atoms with Crippen molar-refractivity contribution in [2.75, 3.05) is 0 Å². The fraction of sp³-hybridized carbons (Fsp3) is 0.267. The molecule has 0 amide bonds. The van der Waals surface area contributed by atoms with Crippen molar-refractivity contribution in [1.82, 2.24) is 9.71 Å². The van der Waals surface area contributed by atoms with Crippen molar-refractivity contribution in [3.05, 3.63) is 58.9 Å². The van der Waals surface area contributed by atoms with E-state index in [1.165, 1.54) is 23.9 Å². The van der Waals surface area contributed by atoms with Crippen molar-refractivity contribution in [2.24, 2.45) is 0 Å². The summed E-state index contributed by atoms with van der Waals surface area (Å²) < 4.78 is 27.6. The molecular weight excluding hydrogens is 308 g/mol. The predicted octanol–water partition coefficient (Wildman–Crippen LogP) is 3.09. The summed E-state index contributed by atoms with van der Waals surface area (Å²) in [6, 6.07) is 10.7. The Balaban J connectivity index is 1.88. The van der Waals surface area contributed by atoms with E-state index < -0.39 is 10.0 Å². The van der Waals surface area contributed by atoms with Gasteiger partial charge in [0.05, 0.1) is 0 Å². The second kappa shape index (κ2) is 5.75. The zero-order valence-electron chi connectivity index (χ0n) is 11.3. The summed E-state index contributed by atoms with van der Waals surface area (Å²) in [6.45, 7) is 0. The van der Waals surface area contributed by atoms with Crippen LogP contribution in [0, 0.1) is 0 Å². The van der Waals surface area contributed by atoms with E-state index in [4.69, 9.17) is 11.6 Å². The molecule has 4 nitrogen and oxygen atoms in total. The van der Waals surface area contributed by atoms with Gasteiger partial charge in [0, 0.05) is 12.2 Å². The molecule has 3 rings (SSSR count). The number of nitrogens with zero attached hydrogens (tertiary/aromatic N) is 1. The molecule has 1 N–H and O–H groups in total. The molecule has 2 aromatic rings. The van der Waals surface area contributed by atoms with E-state index in [-0.39, 0.29) is 16.1 Å². The van der Waals surface area contributed by atoms with Crippen LogP contribution in [0.25, 0.3) is 0 Å². The smallest absolute Gasteiger partial charge is 0.242 e. The molecule has 0 radical (unpaired) electrons. The van der Waals surface area contributed by atoms with Crippen LogP contribution in [0.3, 0.4) is 0 Å². The number of aromatic nitrogens is 1. The third-order valence-corrected chi connectivity index (χ3v) is 5.36. The van der Waals surface area contributed by atoms with Gasteiger partial charge in [-0.15, -0.1) is 0 Å². The maximum atomic E-state index is 12.4. The van der Waals surface area contributed by atoms with Crippen LogP contribution in [0.4, 0.5) is 0 Å². The standard InChI is InChI=1S/C15H15ClN2O2S/c16-15-9-8-12(10-17-15)21(19,20)18-14-7-3-5-11-4-1-2-6-13(11)14/h1-2,4,6,8-10,14,18H,3,5,7H2/t14-/m0/s1. The van der Waals surface area contributed by atoms with Gasteiger partial charge in [-0.2, -0.15) is 0 Å². The molecule has 1 aromatic heterocycles. The highest BCUT2D eigenvalue weighted by molar-refractivity contribution is 7.89. The predicted molar refractivity (Wildman–Crippen MR) is 81.7 cm³/mol. The lowest BCUT2D eigenvalue weighted by molar-refractivity contribution is 0.507. The van der Waals surface area contributed by atoms with E-state index in [0.717, 1.165) is 24.8 Å². The number of benzene rings is 1. The Morgan fingerprint density at radius 2 is 2.00 bits per heavy atom. The number of pyridine rings is 1. The van der Waals surface area contributed by atoms with Gasteiger partial charge >= 0.3 is 0 Å². The molecule has 0 aliphatic heterocycles. The van der Waals surface area contributed by atoms with Crippen molar-refractivity contribution in [3.8, 4) is 0 Å². The van der Waals surface area contributed by atoms with Crippen molar-refractivity contribution in [3.63, 3.8) is 0 Å². The first-order chi connectivity index (χ1) is 10.1. The Morgan fingerprint density at radius 3 is 2.76 bits per heavy atom. The van der Waals surface area contributed by atoms with Crippen LogP contribution in [-0.4, -0.2) is 13.4 Å². The Bertz CT molecular complexity index is 745. The topological polar surface area (TPSA) is 59.1 Å². The fourth-order valence-corrected chi connectivity index (χ4v) is 3.96. The first kappa shape index (κ1) is 14.5. The third-order valence-electron chi connectivity index (χ3n) is 3.68. The molecule has 0 saturated heterocycles. The average Bonchev–Trinajstić information content (AvgIpc) is 2.48. The average molecular weight is 323 g/mol. The highest BCUT2D eigenvalue weighted by Crippen LogP contribution is 2.30. The maximum absolute atomic E-state index is 12.4. The zero-order chi connectivity index (χ0) is 14.9. The van der Waals surface area contributed by atoms with Gasteiger partial charge in [0.1, 0.15) is 10.0 Å². The fourth-order valence-electron chi connectivity index (χ4n) is 2.65.